The zero-order valence-electron chi connectivity index (χ0n) is 14.2. The number of benzene rings is 1. The van der Waals surface area contributed by atoms with E-state index in [0.29, 0.717) is 27.3 Å². The van der Waals surface area contributed by atoms with Gasteiger partial charge in [-0.3, -0.25) is 14.2 Å². The molecule has 25 heavy (non-hydrogen) atoms. The van der Waals surface area contributed by atoms with Crippen LogP contribution in [0.25, 0.3) is 10.2 Å². The number of halogens is 1. The van der Waals surface area contributed by atoms with Crippen molar-refractivity contribution < 1.29 is 4.79 Å². The number of thiophene rings is 1. The molecule has 1 amide bonds. The smallest absolute Gasteiger partial charge is 0.271 e. The maximum Gasteiger partial charge on any atom is 0.271 e. The first-order chi connectivity index (χ1) is 11.9. The average molecular weight is 376 g/mol. The summed E-state index contributed by atoms with van der Waals surface area (Å²) in [5, 5.41) is 3.50. The number of carbonyl (C=O) groups excluding carboxylic acids is 1. The minimum absolute atomic E-state index is 0.0203. The molecule has 3 rings (SSSR count). The van der Waals surface area contributed by atoms with Crippen molar-refractivity contribution >= 4 is 39.1 Å². The molecule has 0 spiro atoms. The van der Waals surface area contributed by atoms with Gasteiger partial charge < -0.3 is 5.32 Å². The van der Waals surface area contributed by atoms with Crippen molar-refractivity contribution in [1.82, 2.24) is 14.9 Å². The Balaban J connectivity index is 1.92. The summed E-state index contributed by atoms with van der Waals surface area (Å²) in [4.78, 5) is 30.4. The van der Waals surface area contributed by atoms with Crippen molar-refractivity contribution in [2.75, 3.05) is 0 Å². The van der Waals surface area contributed by atoms with Crippen molar-refractivity contribution in [3.63, 3.8) is 0 Å². The summed E-state index contributed by atoms with van der Waals surface area (Å²) in [7, 11) is 0. The van der Waals surface area contributed by atoms with Crippen LogP contribution in [-0.2, 0) is 6.54 Å². The van der Waals surface area contributed by atoms with Gasteiger partial charge in [0.2, 0.25) is 0 Å². The van der Waals surface area contributed by atoms with Crippen LogP contribution in [0.2, 0.25) is 5.02 Å². The van der Waals surface area contributed by atoms with E-state index in [4.69, 9.17) is 11.6 Å². The topological polar surface area (TPSA) is 64.0 Å². The molecule has 5 nitrogen and oxygen atoms in total. The molecule has 0 fully saturated rings. The second kappa shape index (κ2) is 6.98. The summed E-state index contributed by atoms with van der Waals surface area (Å²) in [5.41, 5.74) is 1.73. The normalized spacial score (nSPS) is 11.2. The van der Waals surface area contributed by atoms with E-state index < -0.39 is 0 Å². The van der Waals surface area contributed by atoms with Crippen molar-refractivity contribution in [2.45, 2.75) is 33.4 Å². The van der Waals surface area contributed by atoms with E-state index in [1.54, 1.807) is 16.7 Å². The van der Waals surface area contributed by atoms with Gasteiger partial charge in [-0.05, 0) is 38.5 Å². The van der Waals surface area contributed by atoms with Crippen molar-refractivity contribution in [1.29, 1.82) is 0 Å². The zero-order valence-corrected chi connectivity index (χ0v) is 15.7. The van der Waals surface area contributed by atoms with Crippen LogP contribution in [0.5, 0.6) is 0 Å². The third kappa shape index (κ3) is 3.45. The Morgan fingerprint density at radius 1 is 1.40 bits per heavy atom. The summed E-state index contributed by atoms with van der Waals surface area (Å²) in [5.74, 6) is -0.238. The molecule has 0 aliphatic heterocycles. The number of fused-ring (bicyclic) bond motifs is 1. The van der Waals surface area contributed by atoms with Gasteiger partial charge in [-0.15, -0.1) is 11.3 Å². The molecule has 1 aromatic carbocycles. The van der Waals surface area contributed by atoms with E-state index in [2.05, 4.69) is 10.3 Å². The van der Waals surface area contributed by atoms with Crippen LogP contribution in [-0.4, -0.2) is 15.5 Å². The number of hydrogen-bond donors (Lipinski definition) is 1. The van der Waals surface area contributed by atoms with Gasteiger partial charge >= 0.3 is 0 Å². The Kier molecular flexibility index (Phi) is 4.92. The van der Waals surface area contributed by atoms with Gasteiger partial charge in [0.15, 0.2) is 0 Å². The number of hydrogen-bond acceptors (Lipinski definition) is 4. The van der Waals surface area contributed by atoms with Gasteiger partial charge in [-0.1, -0.05) is 23.7 Å². The lowest BCUT2D eigenvalue weighted by atomic mass is 10.2. The summed E-state index contributed by atoms with van der Waals surface area (Å²) in [6.45, 7) is 6.04. The maximum absolute atomic E-state index is 12.6. The Hall–Kier alpha value is -2.18. The van der Waals surface area contributed by atoms with Crippen LogP contribution < -0.4 is 10.9 Å². The van der Waals surface area contributed by atoms with E-state index in [1.807, 2.05) is 32.9 Å². The Bertz CT molecular complexity index is 1010. The molecular formula is C18H18ClN3O2S. The largest absolute Gasteiger partial charge is 0.348 e. The predicted octanol–water partition coefficient (Wildman–Crippen LogP) is 3.93. The number of amides is 1. The van der Waals surface area contributed by atoms with Crippen LogP contribution in [0, 0.1) is 6.92 Å². The monoisotopic (exact) mass is 375 g/mol. The SMILES string of the molecule is Cc1sc2c(=O)n(C(C)C)cnc2c1C(=O)NCc1cccc(Cl)c1. The molecule has 2 heterocycles. The number of aromatic nitrogens is 2. The number of carbonyl (C=O) groups is 1. The van der Waals surface area contributed by atoms with E-state index in [1.165, 1.54) is 17.7 Å². The summed E-state index contributed by atoms with van der Waals surface area (Å²) in [6, 6.07) is 7.34. The molecule has 130 valence electrons. The highest BCUT2D eigenvalue weighted by Gasteiger charge is 2.20. The molecule has 0 aliphatic rings. The summed E-state index contributed by atoms with van der Waals surface area (Å²) >= 11 is 7.27. The molecule has 3 aromatic rings. The van der Waals surface area contributed by atoms with Gasteiger partial charge in [0, 0.05) is 22.5 Å². The lowest BCUT2D eigenvalue weighted by Gasteiger charge is -2.09. The van der Waals surface area contributed by atoms with Crippen LogP contribution in [0.1, 0.15) is 40.7 Å². The lowest BCUT2D eigenvalue weighted by Crippen LogP contribution is -2.24. The molecule has 0 bridgehead atoms. The van der Waals surface area contributed by atoms with E-state index in [9.17, 15) is 9.59 Å². The third-order valence-electron chi connectivity index (χ3n) is 3.92. The lowest BCUT2D eigenvalue weighted by molar-refractivity contribution is 0.0952. The first-order valence-corrected chi connectivity index (χ1v) is 9.10. The van der Waals surface area contributed by atoms with Crippen LogP contribution in [0.3, 0.4) is 0 Å². The highest BCUT2D eigenvalue weighted by molar-refractivity contribution is 7.19. The molecule has 0 atom stereocenters. The van der Waals surface area contributed by atoms with Gasteiger partial charge in [0.05, 0.1) is 11.9 Å². The molecule has 1 N–H and O–H groups in total. The van der Waals surface area contributed by atoms with Crippen molar-refractivity contribution in [2.24, 2.45) is 0 Å². The van der Waals surface area contributed by atoms with E-state index in [-0.39, 0.29) is 17.5 Å². The molecule has 0 aliphatic carbocycles. The average Bonchev–Trinajstić information content (AvgIpc) is 2.90. The molecule has 0 saturated heterocycles. The molecule has 0 saturated carbocycles. The molecular weight excluding hydrogens is 358 g/mol. The second-order valence-electron chi connectivity index (χ2n) is 6.07. The fraction of sp³-hybridized carbons (Fsp3) is 0.278. The number of rotatable bonds is 4. The molecule has 0 radical (unpaired) electrons. The minimum Gasteiger partial charge on any atom is -0.348 e. The fourth-order valence-electron chi connectivity index (χ4n) is 2.64. The first kappa shape index (κ1) is 17.6. The summed E-state index contributed by atoms with van der Waals surface area (Å²) < 4.78 is 2.09. The number of aryl methyl sites for hydroxylation is 1. The van der Waals surface area contributed by atoms with Crippen molar-refractivity contribution in [3.05, 3.63) is 62.0 Å². The molecule has 7 heteroatoms. The fourth-order valence-corrected chi connectivity index (χ4v) is 3.90. The van der Waals surface area contributed by atoms with E-state index in [0.717, 1.165) is 10.4 Å². The standard InChI is InChI=1S/C18H18ClN3O2S/c1-10(2)22-9-21-15-14(11(3)25-16(15)18(22)24)17(23)20-8-12-5-4-6-13(19)7-12/h4-7,9-10H,8H2,1-3H3,(H,20,23). The Labute approximate surface area is 154 Å². The van der Waals surface area contributed by atoms with Crippen LogP contribution in [0.4, 0.5) is 0 Å². The number of nitrogens with one attached hydrogen (secondary N) is 1. The minimum atomic E-state index is -0.238. The zero-order chi connectivity index (χ0) is 18.1. The van der Waals surface area contributed by atoms with Crippen LogP contribution >= 0.6 is 22.9 Å². The summed E-state index contributed by atoms with van der Waals surface area (Å²) in [6.07, 6.45) is 1.51. The Morgan fingerprint density at radius 3 is 2.84 bits per heavy atom. The maximum atomic E-state index is 12.6. The molecule has 2 aromatic heterocycles. The molecule has 0 unspecified atom stereocenters. The van der Waals surface area contributed by atoms with E-state index >= 15 is 0 Å². The first-order valence-electron chi connectivity index (χ1n) is 7.91. The van der Waals surface area contributed by atoms with Gasteiger partial charge in [0.1, 0.15) is 10.2 Å². The van der Waals surface area contributed by atoms with Gasteiger partial charge in [-0.2, -0.15) is 0 Å². The van der Waals surface area contributed by atoms with Crippen LogP contribution in [0.15, 0.2) is 35.4 Å². The predicted molar refractivity (Wildman–Crippen MR) is 102 cm³/mol. The third-order valence-corrected chi connectivity index (χ3v) is 5.24. The quantitative estimate of drug-likeness (QED) is 0.751. The van der Waals surface area contributed by atoms with Gasteiger partial charge in [-0.25, -0.2) is 4.98 Å². The highest BCUT2D eigenvalue weighted by atomic mass is 35.5. The Morgan fingerprint density at radius 2 is 2.16 bits per heavy atom. The van der Waals surface area contributed by atoms with Crippen molar-refractivity contribution in [3.8, 4) is 0 Å². The van der Waals surface area contributed by atoms with Gasteiger partial charge in [0.25, 0.3) is 11.5 Å². The second-order valence-corrected chi connectivity index (χ2v) is 7.74. The number of nitrogens with zero attached hydrogens (tertiary/aromatic N) is 2. The highest BCUT2D eigenvalue weighted by Crippen LogP contribution is 2.27.